The first-order valence-corrected chi connectivity index (χ1v) is 9.42. The molecular formula is C16H25ClO3S. The van der Waals surface area contributed by atoms with Crippen molar-refractivity contribution in [1.82, 2.24) is 0 Å². The molecule has 0 saturated heterocycles. The van der Waals surface area contributed by atoms with Gasteiger partial charge in [0, 0.05) is 16.2 Å². The Hall–Kier alpha value is -0.740. The lowest BCUT2D eigenvalue weighted by Crippen LogP contribution is -2.25. The van der Waals surface area contributed by atoms with Crippen LogP contribution in [-0.4, -0.2) is 15.5 Å². The summed E-state index contributed by atoms with van der Waals surface area (Å²) in [5.74, 6) is 0.325. The normalized spacial score (nSPS) is 13.3. The third-order valence-electron chi connectivity index (χ3n) is 3.36. The summed E-state index contributed by atoms with van der Waals surface area (Å²) in [5.41, 5.74) is 1.82. The number of ether oxygens (including phenoxy) is 1. The molecule has 0 aromatic heterocycles. The van der Waals surface area contributed by atoms with Crippen LogP contribution in [0.25, 0.3) is 0 Å². The van der Waals surface area contributed by atoms with E-state index in [2.05, 4.69) is 34.6 Å². The van der Waals surface area contributed by atoms with E-state index in [-0.39, 0.29) is 16.6 Å². The van der Waals surface area contributed by atoms with E-state index in [4.69, 9.17) is 15.4 Å². The highest BCUT2D eigenvalue weighted by molar-refractivity contribution is 8.13. The Labute approximate surface area is 133 Å². The van der Waals surface area contributed by atoms with Crippen LogP contribution in [0.2, 0.25) is 0 Å². The van der Waals surface area contributed by atoms with Crippen LogP contribution in [0.5, 0.6) is 5.75 Å². The lowest BCUT2D eigenvalue weighted by Gasteiger charge is -2.33. The molecule has 0 fully saturated rings. The molecule has 0 atom stereocenters. The molecule has 120 valence electrons. The second kappa shape index (κ2) is 6.17. The maximum Gasteiger partial charge on any atom is 0.236 e. The number of hydrogen-bond acceptors (Lipinski definition) is 3. The zero-order valence-corrected chi connectivity index (χ0v) is 15.2. The first-order chi connectivity index (χ1) is 9.34. The fourth-order valence-electron chi connectivity index (χ4n) is 2.93. The first-order valence-electron chi connectivity index (χ1n) is 6.94. The predicted octanol–water partition coefficient (Wildman–Crippen LogP) is 4.48. The molecule has 0 N–H and O–H groups in total. The molecule has 21 heavy (non-hydrogen) atoms. The van der Waals surface area contributed by atoms with Gasteiger partial charge in [-0.2, -0.15) is 0 Å². The summed E-state index contributed by atoms with van der Waals surface area (Å²) in [6, 6.07) is 5.70. The van der Waals surface area contributed by atoms with Gasteiger partial charge in [-0.1, -0.05) is 46.8 Å². The molecule has 0 aliphatic rings. The predicted molar refractivity (Wildman–Crippen MR) is 88.6 cm³/mol. The van der Waals surface area contributed by atoms with Gasteiger partial charge in [-0.15, -0.1) is 0 Å². The van der Waals surface area contributed by atoms with Gasteiger partial charge in [0.25, 0.3) is 0 Å². The van der Waals surface area contributed by atoms with Crippen LogP contribution < -0.4 is 4.74 Å². The SMILES string of the molecule is COc1ccc(C(C)(C)CC(C)(C)C)cc1CS(=O)(=O)Cl. The number of halogens is 1. The topological polar surface area (TPSA) is 43.4 Å². The molecule has 0 radical (unpaired) electrons. The van der Waals surface area contributed by atoms with E-state index < -0.39 is 9.05 Å². The zero-order valence-electron chi connectivity index (χ0n) is 13.7. The van der Waals surface area contributed by atoms with Crippen molar-refractivity contribution < 1.29 is 13.2 Å². The minimum atomic E-state index is -3.61. The molecule has 5 heteroatoms. The van der Waals surface area contributed by atoms with Gasteiger partial charge < -0.3 is 4.74 Å². The van der Waals surface area contributed by atoms with Crippen LogP contribution >= 0.6 is 10.7 Å². The van der Waals surface area contributed by atoms with Gasteiger partial charge in [0.05, 0.1) is 12.9 Å². The fourth-order valence-corrected chi connectivity index (χ4v) is 3.88. The van der Waals surface area contributed by atoms with E-state index in [9.17, 15) is 8.42 Å². The lowest BCUT2D eigenvalue weighted by atomic mass is 9.72. The third kappa shape index (κ3) is 5.87. The lowest BCUT2D eigenvalue weighted by molar-refractivity contribution is 0.284. The quantitative estimate of drug-likeness (QED) is 0.747. The highest BCUT2D eigenvalue weighted by atomic mass is 35.7. The maximum absolute atomic E-state index is 11.4. The number of methoxy groups -OCH3 is 1. The van der Waals surface area contributed by atoms with E-state index in [1.807, 2.05) is 18.2 Å². The van der Waals surface area contributed by atoms with E-state index in [1.54, 1.807) is 0 Å². The number of rotatable bonds is 5. The zero-order chi connectivity index (χ0) is 16.5. The molecule has 1 aromatic rings. The minimum Gasteiger partial charge on any atom is -0.496 e. The smallest absolute Gasteiger partial charge is 0.236 e. The number of benzene rings is 1. The average molecular weight is 333 g/mol. The molecule has 1 aromatic carbocycles. The second-order valence-electron chi connectivity index (χ2n) is 7.33. The highest BCUT2D eigenvalue weighted by Gasteiger charge is 2.28. The van der Waals surface area contributed by atoms with Crippen molar-refractivity contribution in [1.29, 1.82) is 0 Å². The van der Waals surface area contributed by atoms with Gasteiger partial charge in [-0.05, 0) is 28.9 Å². The van der Waals surface area contributed by atoms with E-state index in [1.165, 1.54) is 7.11 Å². The van der Waals surface area contributed by atoms with Crippen molar-refractivity contribution in [2.24, 2.45) is 5.41 Å². The van der Waals surface area contributed by atoms with Gasteiger partial charge in [-0.25, -0.2) is 8.42 Å². The molecule has 3 nitrogen and oxygen atoms in total. The van der Waals surface area contributed by atoms with Crippen LogP contribution in [-0.2, 0) is 20.2 Å². The molecule has 0 heterocycles. The van der Waals surface area contributed by atoms with E-state index in [0.29, 0.717) is 11.3 Å². The van der Waals surface area contributed by atoms with Crippen LogP contribution in [0.4, 0.5) is 0 Å². The highest BCUT2D eigenvalue weighted by Crippen LogP contribution is 2.38. The second-order valence-corrected chi connectivity index (χ2v) is 10.1. The largest absolute Gasteiger partial charge is 0.496 e. The Morgan fingerprint density at radius 1 is 1.14 bits per heavy atom. The summed E-state index contributed by atoms with van der Waals surface area (Å²) in [4.78, 5) is 0. The molecule has 0 amide bonds. The third-order valence-corrected chi connectivity index (χ3v) is 4.35. The van der Waals surface area contributed by atoms with Crippen molar-refractivity contribution in [3.63, 3.8) is 0 Å². The Morgan fingerprint density at radius 3 is 2.14 bits per heavy atom. The van der Waals surface area contributed by atoms with Crippen molar-refractivity contribution in [3.05, 3.63) is 29.3 Å². The fraction of sp³-hybridized carbons (Fsp3) is 0.625. The van der Waals surface area contributed by atoms with Crippen LogP contribution in [0.1, 0.15) is 52.2 Å². The molecule has 0 bridgehead atoms. The average Bonchev–Trinajstić information content (AvgIpc) is 2.23. The van der Waals surface area contributed by atoms with Crippen molar-refractivity contribution >= 4 is 19.7 Å². The summed E-state index contributed by atoms with van der Waals surface area (Å²) in [7, 11) is 3.30. The summed E-state index contributed by atoms with van der Waals surface area (Å²) in [5, 5.41) is 0. The molecule has 0 saturated carbocycles. The van der Waals surface area contributed by atoms with E-state index >= 15 is 0 Å². The van der Waals surface area contributed by atoms with Crippen LogP contribution in [0.15, 0.2) is 18.2 Å². The van der Waals surface area contributed by atoms with Gasteiger partial charge in [-0.3, -0.25) is 0 Å². The summed E-state index contributed by atoms with van der Waals surface area (Å²) in [6.45, 7) is 10.9. The Kier molecular flexibility index (Phi) is 5.38. The standard InChI is InChI=1S/C16H25ClO3S/c1-15(2,3)11-16(4,5)13-7-8-14(20-6)12(9-13)10-21(17,18)19/h7-9H,10-11H2,1-6H3. The number of hydrogen-bond donors (Lipinski definition) is 0. The van der Waals surface area contributed by atoms with Crippen molar-refractivity contribution in [2.45, 2.75) is 52.2 Å². The first kappa shape index (κ1) is 18.3. The Balaban J connectivity index is 3.24. The Morgan fingerprint density at radius 2 is 1.71 bits per heavy atom. The van der Waals surface area contributed by atoms with Gasteiger partial charge in [0.1, 0.15) is 5.75 Å². The maximum atomic E-state index is 11.4. The van der Waals surface area contributed by atoms with Gasteiger partial charge in [0.2, 0.25) is 9.05 Å². The van der Waals surface area contributed by atoms with Gasteiger partial charge >= 0.3 is 0 Å². The molecular weight excluding hydrogens is 308 g/mol. The summed E-state index contributed by atoms with van der Waals surface area (Å²) < 4.78 is 28.0. The van der Waals surface area contributed by atoms with E-state index in [0.717, 1.165) is 12.0 Å². The Bertz CT molecular complexity index is 598. The van der Waals surface area contributed by atoms with Crippen molar-refractivity contribution in [3.8, 4) is 5.75 Å². The summed E-state index contributed by atoms with van der Waals surface area (Å²) >= 11 is 0. The molecule has 0 unspecified atom stereocenters. The monoisotopic (exact) mass is 332 g/mol. The van der Waals surface area contributed by atoms with Crippen molar-refractivity contribution in [2.75, 3.05) is 7.11 Å². The molecule has 0 aliphatic carbocycles. The molecule has 0 spiro atoms. The van der Waals surface area contributed by atoms with Crippen LogP contribution in [0.3, 0.4) is 0 Å². The van der Waals surface area contributed by atoms with Crippen LogP contribution in [0, 0.1) is 5.41 Å². The minimum absolute atomic E-state index is 0.0602. The van der Waals surface area contributed by atoms with Gasteiger partial charge in [0.15, 0.2) is 0 Å². The summed E-state index contributed by atoms with van der Waals surface area (Å²) in [6.07, 6.45) is 0.986. The molecule has 0 aliphatic heterocycles. The molecule has 1 rings (SSSR count).